The zero-order valence-electron chi connectivity index (χ0n) is 16.4. The number of ether oxygens (including phenoxy) is 1. The van der Waals surface area contributed by atoms with Crippen molar-refractivity contribution in [2.75, 3.05) is 6.61 Å². The highest BCUT2D eigenvalue weighted by Crippen LogP contribution is 2.43. The van der Waals surface area contributed by atoms with Crippen LogP contribution in [0.3, 0.4) is 0 Å². The molecule has 0 radical (unpaired) electrons. The second-order valence-corrected chi connectivity index (χ2v) is 9.32. The molecular weight excluding hydrogens is 372 g/mol. The van der Waals surface area contributed by atoms with Crippen LogP contribution in [0.2, 0.25) is 0 Å². The van der Waals surface area contributed by atoms with Crippen molar-refractivity contribution in [2.45, 2.75) is 43.6 Å². The molecule has 0 fully saturated rings. The van der Waals surface area contributed by atoms with Crippen molar-refractivity contribution in [2.24, 2.45) is 5.41 Å². The third-order valence-corrected chi connectivity index (χ3v) is 6.12. The molecule has 0 aliphatic carbocycles. The molecule has 2 aromatic carbocycles. The third-order valence-electron chi connectivity index (χ3n) is 3.74. The van der Waals surface area contributed by atoms with E-state index in [1.165, 1.54) is 0 Å². The Balaban J connectivity index is 2.49. The molecule has 0 saturated heterocycles. The number of benzene rings is 2. The Morgan fingerprint density at radius 1 is 0.963 bits per heavy atom. The molecule has 0 aliphatic heterocycles. The van der Waals surface area contributed by atoms with Crippen molar-refractivity contribution < 1.29 is 9.84 Å². The van der Waals surface area contributed by atoms with Gasteiger partial charge in [-0.3, -0.25) is 0 Å². The number of hydrogen-bond acceptors (Lipinski definition) is 4. The van der Waals surface area contributed by atoms with Gasteiger partial charge in [-0.05, 0) is 42.7 Å². The van der Waals surface area contributed by atoms with Crippen LogP contribution in [0.25, 0.3) is 0 Å². The van der Waals surface area contributed by atoms with Crippen molar-refractivity contribution in [1.82, 2.24) is 0 Å². The fourth-order valence-electron chi connectivity index (χ4n) is 2.24. The van der Waals surface area contributed by atoms with E-state index >= 15 is 0 Å². The molecule has 0 aliphatic rings. The van der Waals surface area contributed by atoms with Gasteiger partial charge in [-0.1, -0.05) is 80.7 Å². The lowest BCUT2D eigenvalue weighted by atomic mass is 9.89. The lowest BCUT2D eigenvalue weighted by Gasteiger charge is -2.29. The van der Waals surface area contributed by atoms with Crippen LogP contribution in [0.4, 0.5) is 0 Å². The van der Waals surface area contributed by atoms with Gasteiger partial charge in [-0.2, -0.15) is 0 Å². The van der Waals surface area contributed by atoms with E-state index in [9.17, 15) is 5.11 Å². The maximum Gasteiger partial charge on any atom is 0.0911 e. The average molecular weight is 401 g/mol. The number of aliphatic hydroxyl groups excluding tert-OH is 1. The second kappa shape index (κ2) is 10.6. The molecule has 1 N–H and O–H groups in total. The van der Waals surface area contributed by atoms with Gasteiger partial charge in [-0.15, -0.1) is 0 Å². The number of rotatable bonds is 8. The van der Waals surface area contributed by atoms with Crippen LogP contribution in [-0.4, -0.2) is 17.8 Å². The van der Waals surface area contributed by atoms with Crippen molar-refractivity contribution in [3.8, 4) is 0 Å². The molecule has 0 aromatic heterocycles. The molecule has 2 rings (SSSR count). The largest absolute Gasteiger partial charge is 0.501 e. The van der Waals surface area contributed by atoms with Gasteiger partial charge in [0.05, 0.1) is 19.0 Å². The highest BCUT2D eigenvalue weighted by atomic mass is 32.2. The van der Waals surface area contributed by atoms with E-state index in [4.69, 9.17) is 4.74 Å². The molecule has 0 spiro atoms. The first kappa shape index (κ1) is 21.7. The van der Waals surface area contributed by atoms with Gasteiger partial charge in [0, 0.05) is 19.6 Å². The maximum atomic E-state index is 11.1. The van der Waals surface area contributed by atoms with Gasteiger partial charge in [0.25, 0.3) is 0 Å². The summed E-state index contributed by atoms with van der Waals surface area (Å²) in [4.78, 5) is 4.15. The zero-order valence-corrected chi connectivity index (χ0v) is 18.0. The average Bonchev–Trinajstić information content (AvgIpc) is 2.66. The van der Waals surface area contributed by atoms with E-state index in [2.05, 4.69) is 45.0 Å². The van der Waals surface area contributed by atoms with Gasteiger partial charge in [0.15, 0.2) is 0 Å². The molecule has 27 heavy (non-hydrogen) atoms. The third kappa shape index (κ3) is 7.13. The van der Waals surface area contributed by atoms with Gasteiger partial charge in [0.1, 0.15) is 0 Å². The van der Waals surface area contributed by atoms with E-state index in [1.54, 1.807) is 29.8 Å². The molecule has 1 atom stereocenters. The first-order chi connectivity index (χ1) is 12.9. The molecule has 0 bridgehead atoms. The summed E-state index contributed by atoms with van der Waals surface area (Å²) in [5, 5.41) is 11.1. The van der Waals surface area contributed by atoms with E-state index in [0.29, 0.717) is 6.61 Å². The molecular formula is C23H28O2S2. The number of allylic oxidation sites excluding steroid dienone is 1. The minimum Gasteiger partial charge on any atom is -0.501 e. The molecule has 1 unspecified atom stereocenters. The molecule has 0 amide bonds. The summed E-state index contributed by atoms with van der Waals surface area (Å²) in [5.74, 6) is 0. The number of hydrogen-bond donors (Lipinski definition) is 1. The summed E-state index contributed by atoms with van der Waals surface area (Å²) in [6.45, 7) is 8.74. The molecule has 2 nitrogen and oxygen atoms in total. The number of aliphatic hydroxyl groups is 1. The minimum atomic E-state index is -0.597. The molecule has 0 heterocycles. The Hall–Kier alpha value is -1.62. The van der Waals surface area contributed by atoms with Crippen LogP contribution < -0.4 is 0 Å². The summed E-state index contributed by atoms with van der Waals surface area (Å²) in [6.07, 6.45) is 3.08. The molecule has 0 saturated carbocycles. The molecule has 144 valence electrons. The van der Waals surface area contributed by atoms with Crippen LogP contribution in [0.1, 0.15) is 27.7 Å². The SMILES string of the molecule is CCO/C=C/C(Sc1ccccc1)=C(\Sc1ccccc1)C(O)C(C)(C)C. The Morgan fingerprint density at radius 2 is 1.48 bits per heavy atom. The zero-order chi connectivity index (χ0) is 19.7. The van der Waals surface area contributed by atoms with Gasteiger partial charge < -0.3 is 9.84 Å². The summed E-state index contributed by atoms with van der Waals surface area (Å²) in [6, 6.07) is 20.4. The first-order valence-electron chi connectivity index (χ1n) is 9.08. The summed E-state index contributed by atoms with van der Waals surface area (Å²) in [5.41, 5.74) is -0.279. The summed E-state index contributed by atoms with van der Waals surface area (Å²) >= 11 is 3.25. The summed E-state index contributed by atoms with van der Waals surface area (Å²) in [7, 11) is 0. The highest BCUT2D eigenvalue weighted by Gasteiger charge is 2.29. The van der Waals surface area contributed by atoms with Gasteiger partial charge in [-0.25, -0.2) is 0 Å². The standard InChI is InChI=1S/C23H28O2S2/c1-5-25-17-16-20(26-18-12-8-6-9-13-18)21(22(24)23(2,3)4)27-19-14-10-7-11-15-19/h6-17,22,24H,5H2,1-4H3/b17-16+,21-20+. The monoisotopic (exact) mass is 400 g/mol. The van der Waals surface area contributed by atoms with E-state index in [-0.39, 0.29) is 5.41 Å². The van der Waals surface area contributed by atoms with Gasteiger partial charge >= 0.3 is 0 Å². The molecule has 4 heteroatoms. The second-order valence-electron chi connectivity index (χ2n) is 7.09. The van der Waals surface area contributed by atoms with Crippen molar-refractivity contribution in [1.29, 1.82) is 0 Å². The van der Waals surface area contributed by atoms with Crippen molar-refractivity contribution >= 4 is 23.5 Å². The Morgan fingerprint density at radius 3 is 1.96 bits per heavy atom. The van der Waals surface area contributed by atoms with Crippen LogP contribution in [-0.2, 0) is 4.74 Å². The molecule has 2 aromatic rings. The van der Waals surface area contributed by atoms with Crippen molar-refractivity contribution in [3.63, 3.8) is 0 Å². The maximum absolute atomic E-state index is 11.1. The van der Waals surface area contributed by atoms with Crippen molar-refractivity contribution in [3.05, 3.63) is 82.8 Å². The van der Waals surface area contributed by atoms with Gasteiger partial charge in [0.2, 0.25) is 0 Å². The Kier molecular flexibility index (Phi) is 8.55. The highest BCUT2D eigenvalue weighted by molar-refractivity contribution is 8.07. The van der Waals surface area contributed by atoms with E-state index < -0.39 is 6.10 Å². The Bertz CT molecular complexity index is 747. The van der Waals surface area contributed by atoms with E-state index in [1.807, 2.05) is 49.4 Å². The normalized spacial score (nSPS) is 14.1. The van der Waals surface area contributed by atoms with E-state index in [0.717, 1.165) is 19.6 Å². The van der Waals surface area contributed by atoms with Crippen LogP contribution in [0, 0.1) is 5.41 Å². The summed E-state index contributed by atoms with van der Waals surface area (Å²) < 4.78 is 5.45. The lowest BCUT2D eigenvalue weighted by molar-refractivity contribution is 0.102. The van der Waals surface area contributed by atoms with Crippen LogP contribution >= 0.6 is 23.5 Å². The fraction of sp³-hybridized carbons (Fsp3) is 0.304. The van der Waals surface area contributed by atoms with Crippen LogP contribution in [0.15, 0.2) is 92.6 Å². The number of thioether (sulfide) groups is 2. The van der Waals surface area contributed by atoms with Crippen LogP contribution in [0.5, 0.6) is 0 Å². The predicted octanol–water partition coefficient (Wildman–Crippen LogP) is 6.74. The quantitative estimate of drug-likeness (QED) is 0.302. The topological polar surface area (TPSA) is 29.5 Å². The first-order valence-corrected chi connectivity index (χ1v) is 10.7. The minimum absolute atomic E-state index is 0.279. The smallest absolute Gasteiger partial charge is 0.0911 e. The fourth-order valence-corrected chi connectivity index (χ4v) is 4.55. The predicted molar refractivity (Wildman–Crippen MR) is 118 cm³/mol. The Labute approximate surface area is 171 Å². The lowest BCUT2D eigenvalue weighted by Crippen LogP contribution is -2.27.